The minimum Gasteiger partial charge on any atom is -0.363 e. The molecule has 1 heterocycles. The lowest BCUT2D eigenvalue weighted by atomic mass is 10.4. The predicted octanol–water partition coefficient (Wildman–Crippen LogP) is 1.33. The zero-order chi connectivity index (χ0) is 15.5. The number of benzene rings is 1. The molecule has 0 unspecified atom stereocenters. The van der Waals surface area contributed by atoms with Crippen molar-refractivity contribution in [2.45, 2.75) is 18.4 Å². The zero-order valence-electron chi connectivity index (χ0n) is 12.2. The van der Waals surface area contributed by atoms with Gasteiger partial charge in [-0.2, -0.15) is 0 Å². The van der Waals surface area contributed by atoms with Crippen LogP contribution in [0.4, 0.5) is 5.82 Å². The molecule has 0 amide bonds. The molecule has 0 saturated heterocycles. The van der Waals surface area contributed by atoms with Crippen molar-refractivity contribution in [2.24, 2.45) is 0 Å². The topological polar surface area (TPSA) is 75.2 Å². The van der Waals surface area contributed by atoms with Crippen molar-refractivity contribution in [3.8, 4) is 0 Å². The third kappa shape index (κ3) is 3.99. The molecule has 0 aliphatic carbocycles. The van der Waals surface area contributed by atoms with E-state index in [9.17, 15) is 8.42 Å². The summed E-state index contributed by atoms with van der Waals surface area (Å²) in [6.07, 6.45) is 0. The van der Waals surface area contributed by atoms with Crippen molar-refractivity contribution >= 4 is 15.8 Å². The molecular formula is C14H18N4O2S. The first kappa shape index (κ1) is 15.4. The molecule has 0 saturated carbocycles. The molecule has 112 valence electrons. The Bertz CT molecular complexity index is 715. The molecule has 0 bridgehead atoms. The van der Waals surface area contributed by atoms with Crippen LogP contribution in [0, 0.1) is 6.92 Å². The van der Waals surface area contributed by atoms with E-state index in [4.69, 9.17) is 0 Å². The lowest BCUT2D eigenvalue weighted by Gasteiger charge is -2.13. The molecule has 0 atom stereocenters. The third-order valence-corrected chi connectivity index (χ3v) is 4.24. The molecule has 1 aromatic heterocycles. The maximum Gasteiger partial charge on any atom is 0.240 e. The summed E-state index contributed by atoms with van der Waals surface area (Å²) in [5.74, 6) is 1.19. The van der Waals surface area contributed by atoms with Crippen molar-refractivity contribution in [1.82, 2.24) is 14.7 Å². The van der Waals surface area contributed by atoms with Gasteiger partial charge in [-0.1, -0.05) is 18.2 Å². The van der Waals surface area contributed by atoms with Crippen molar-refractivity contribution in [3.63, 3.8) is 0 Å². The summed E-state index contributed by atoms with van der Waals surface area (Å²) < 4.78 is 26.8. The second-order valence-corrected chi connectivity index (χ2v) is 6.58. The normalized spacial score (nSPS) is 11.4. The number of hydrogen-bond donors (Lipinski definition) is 1. The van der Waals surface area contributed by atoms with Gasteiger partial charge in [-0.3, -0.25) is 0 Å². The van der Waals surface area contributed by atoms with Gasteiger partial charge in [0.1, 0.15) is 11.6 Å². The molecule has 0 aliphatic rings. The van der Waals surface area contributed by atoms with Gasteiger partial charge >= 0.3 is 0 Å². The molecule has 0 aliphatic heterocycles. The summed E-state index contributed by atoms with van der Waals surface area (Å²) in [7, 11) is 0.201. The van der Waals surface area contributed by atoms with Crippen LogP contribution in [0.3, 0.4) is 0 Å². The van der Waals surface area contributed by atoms with Gasteiger partial charge in [0.15, 0.2) is 0 Å². The second kappa shape index (κ2) is 6.19. The number of nitrogens with zero attached hydrogens (tertiary/aromatic N) is 3. The fraction of sp³-hybridized carbons (Fsp3) is 0.286. The molecule has 0 fully saturated rings. The molecule has 0 radical (unpaired) electrons. The smallest absolute Gasteiger partial charge is 0.240 e. The van der Waals surface area contributed by atoms with Crippen LogP contribution in [-0.4, -0.2) is 32.5 Å². The summed E-state index contributed by atoms with van der Waals surface area (Å²) >= 11 is 0. The van der Waals surface area contributed by atoms with Gasteiger partial charge in [0.2, 0.25) is 10.0 Å². The standard InChI is InChI=1S/C14H18N4O2S/c1-11-9-14(18(2)3)17-13(16-11)10-15-21(19,20)12-7-5-4-6-8-12/h4-9,15H,10H2,1-3H3. The van der Waals surface area contributed by atoms with Crippen LogP contribution in [0.5, 0.6) is 0 Å². The third-order valence-electron chi connectivity index (χ3n) is 2.82. The summed E-state index contributed by atoms with van der Waals surface area (Å²) in [5.41, 5.74) is 0.794. The molecule has 2 rings (SSSR count). The monoisotopic (exact) mass is 306 g/mol. The Hall–Kier alpha value is -1.99. The molecular weight excluding hydrogens is 288 g/mol. The molecule has 2 aromatic rings. The highest BCUT2D eigenvalue weighted by Gasteiger charge is 2.14. The molecule has 6 nitrogen and oxygen atoms in total. The van der Waals surface area contributed by atoms with E-state index in [1.807, 2.05) is 32.0 Å². The van der Waals surface area contributed by atoms with E-state index >= 15 is 0 Å². The molecule has 7 heteroatoms. The Kier molecular flexibility index (Phi) is 4.54. The Morgan fingerprint density at radius 2 is 1.81 bits per heavy atom. The Balaban J connectivity index is 2.17. The number of anilines is 1. The largest absolute Gasteiger partial charge is 0.363 e. The van der Waals surface area contributed by atoms with Crippen LogP contribution in [-0.2, 0) is 16.6 Å². The molecule has 1 N–H and O–H groups in total. The summed E-state index contributed by atoms with van der Waals surface area (Å²) in [6, 6.07) is 10.1. The average Bonchev–Trinajstić information content (AvgIpc) is 2.45. The Morgan fingerprint density at radius 3 is 2.43 bits per heavy atom. The van der Waals surface area contributed by atoms with Crippen LogP contribution in [0.1, 0.15) is 11.5 Å². The average molecular weight is 306 g/mol. The van der Waals surface area contributed by atoms with E-state index in [2.05, 4.69) is 14.7 Å². The highest BCUT2D eigenvalue weighted by molar-refractivity contribution is 7.89. The van der Waals surface area contributed by atoms with E-state index < -0.39 is 10.0 Å². The van der Waals surface area contributed by atoms with Gasteiger partial charge in [0.05, 0.1) is 11.4 Å². The van der Waals surface area contributed by atoms with E-state index in [0.29, 0.717) is 5.82 Å². The van der Waals surface area contributed by atoms with E-state index in [0.717, 1.165) is 11.5 Å². The minimum absolute atomic E-state index is 0.0553. The van der Waals surface area contributed by atoms with Crippen LogP contribution in [0.2, 0.25) is 0 Å². The van der Waals surface area contributed by atoms with Gasteiger partial charge in [-0.25, -0.2) is 23.1 Å². The fourth-order valence-corrected chi connectivity index (χ4v) is 2.76. The van der Waals surface area contributed by atoms with Crippen molar-refractivity contribution in [3.05, 3.63) is 47.9 Å². The van der Waals surface area contributed by atoms with Gasteiger partial charge in [-0.15, -0.1) is 0 Å². The van der Waals surface area contributed by atoms with E-state index in [-0.39, 0.29) is 11.4 Å². The maximum atomic E-state index is 12.1. The Morgan fingerprint density at radius 1 is 1.14 bits per heavy atom. The molecule has 0 spiro atoms. The first-order valence-corrected chi connectivity index (χ1v) is 7.93. The number of aromatic nitrogens is 2. The SMILES string of the molecule is Cc1cc(N(C)C)nc(CNS(=O)(=O)c2ccccc2)n1. The molecule has 1 aromatic carbocycles. The van der Waals surface area contributed by atoms with Gasteiger partial charge in [0.25, 0.3) is 0 Å². The number of nitrogens with one attached hydrogen (secondary N) is 1. The van der Waals surface area contributed by atoms with Crippen LogP contribution in [0.25, 0.3) is 0 Å². The van der Waals surface area contributed by atoms with Crippen molar-refractivity contribution in [2.75, 3.05) is 19.0 Å². The minimum atomic E-state index is -3.55. The number of aryl methyl sites for hydroxylation is 1. The van der Waals surface area contributed by atoms with E-state index in [1.165, 1.54) is 0 Å². The number of hydrogen-bond acceptors (Lipinski definition) is 5. The second-order valence-electron chi connectivity index (χ2n) is 4.82. The number of sulfonamides is 1. The molecule has 21 heavy (non-hydrogen) atoms. The van der Waals surface area contributed by atoms with Crippen LogP contribution >= 0.6 is 0 Å². The first-order valence-electron chi connectivity index (χ1n) is 6.45. The fourth-order valence-electron chi connectivity index (χ4n) is 1.76. The highest BCUT2D eigenvalue weighted by atomic mass is 32.2. The predicted molar refractivity (Wildman–Crippen MR) is 81.6 cm³/mol. The Labute approximate surface area is 124 Å². The van der Waals surface area contributed by atoms with Gasteiger partial charge in [0, 0.05) is 25.9 Å². The summed E-state index contributed by atoms with van der Waals surface area (Å²) in [5, 5.41) is 0. The van der Waals surface area contributed by atoms with Crippen LogP contribution in [0.15, 0.2) is 41.3 Å². The maximum absolute atomic E-state index is 12.1. The van der Waals surface area contributed by atoms with Gasteiger partial charge < -0.3 is 4.90 Å². The first-order chi connectivity index (χ1) is 9.88. The highest BCUT2D eigenvalue weighted by Crippen LogP contribution is 2.11. The summed E-state index contributed by atoms with van der Waals surface area (Å²) in [4.78, 5) is 10.6. The number of rotatable bonds is 5. The van der Waals surface area contributed by atoms with Crippen molar-refractivity contribution < 1.29 is 8.42 Å². The lowest BCUT2D eigenvalue weighted by Crippen LogP contribution is -2.25. The lowest BCUT2D eigenvalue weighted by molar-refractivity contribution is 0.579. The van der Waals surface area contributed by atoms with Crippen molar-refractivity contribution in [1.29, 1.82) is 0 Å². The zero-order valence-corrected chi connectivity index (χ0v) is 13.1. The van der Waals surface area contributed by atoms with Gasteiger partial charge in [-0.05, 0) is 19.1 Å². The quantitative estimate of drug-likeness (QED) is 0.902. The van der Waals surface area contributed by atoms with Crippen LogP contribution < -0.4 is 9.62 Å². The van der Waals surface area contributed by atoms with E-state index in [1.54, 1.807) is 30.3 Å². The summed E-state index contributed by atoms with van der Waals surface area (Å²) in [6.45, 7) is 1.91.